The number of carbonyl (C=O) groups excluding carboxylic acids is 1. The molecule has 5 heteroatoms. The van der Waals surface area contributed by atoms with Crippen molar-refractivity contribution in [2.75, 3.05) is 32.6 Å². The largest absolute Gasteiger partial charge is 0.497 e. The maximum Gasteiger partial charge on any atom is 0.225 e. The van der Waals surface area contributed by atoms with Crippen molar-refractivity contribution in [2.24, 2.45) is 0 Å². The maximum atomic E-state index is 12.1. The molecule has 5 nitrogen and oxygen atoms in total. The first-order valence-electron chi connectivity index (χ1n) is 8.40. The fraction of sp³-hybridized carbons (Fsp3) is 0.350. The van der Waals surface area contributed by atoms with E-state index in [-0.39, 0.29) is 5.91 Å². The van der Waals surface area contributed by atoms with Crippen LogP contribution in [-0.2, 0) is 11.2 Å². The van der Waals surface area contributed by atoms with Crippen LogP contribution in [0.3, 0.4) is 0 Å². The summed E-state index contributed by atoms with van der Waals surface area (Å²) in [4.78, 5) is 12.1. The molecule has 25 heavy (non-hydrogen) atoms. The lowest BCUT2D eigenvalue weighted by Crippen LogP contribution is -2.23. The molecule has 0 aliphatic rings. The lowest BCUT2D eigenvalue weighted by Gasteiger charge is -2.11. The number of amides is 1. The average Bonchev–Trinajstić information content (AvgIpc) is 2.62. The Bertz CT molecular complexity index is 701. The van der Waals surface area contributed by atoms with Crippen molar-refractivity contribution in [1.29, 1.82) is 0 Å². The monoisotopic (exact) mass is 342 g/mol. The molecule has 0 fully saturated rings. The molecular weight excluding hydrogens is 316 g/mol. The Morgan fingerprint density at radius 1 is 1.04 bits per heavy atom. The van der Waals surface area contributed by atoms with Crippen LogP contribution in [0.4, 0.5) is 5.69 Å². The van der Waals surface area contributed by atoms with Gasteiger partial charge in [-0.15, -0.1) is 0 Å². The number of carbonyl (C=O) groups is 1. The van der Waals surface area contributed by atoms with Crippen LogP contribution in [0.1, 0.15) is 17.5 Å². The highest BCUT2D eigenvalue weighted by Gasteiger charge is 2.07. The van der Waals surface area contributed by atoms with Crippen molar-refractivity contribution in [2.45, 2.75) is 19.8 Å². The van der Waals surface area contributed by atoms with Gasteiger partial charge in [0.2, 0.25) is 5.91 Å². The molecule has 2 aromatic carbocycles. The molecule has 0 spiro atoms. The summed E-state index contributed by atoms with van der Waals surface area (Å²) in [5.41, 5.74) is 3.00. The van der Waals surface area contributed by atoms with Crippen molar-refractivity contribution >= 4 is 11.6 Å². The zero-order valence-corrected chi connectivity index (χ0v) is 15.1. The third-order valence-electron chi connectivity index (χ3n) is 3.88. The zero-order chi connectivity index (χ0) is 18.1. The predicted molar refractivity (Wildman–Crippen MR) is 101 cm³/mol. The van der Waals surface area contributed by atoms with E-state index in [2.05, 4.69) is 16.7 Å². The van der Waals surface area contributed by atoms with E-state index < -0.39 is 0 Å². The molecule has 0 radical (unpaired) electrons. The van der Waals surface area contributed by atoms with Gasteiger partial charge in [0.15, 0.2) is 0 Å². The first-order valence-corrected chi connectivity index (χ1v) is 8.40. The topological polar surface area (TPSA) is 59.6 Å². The van der Waals surface area contributed by atoms with Gasteiger partial charge < -0.3 is 20.1 Å². The Morgan fingerprint density at radius 2 is 1.88 bits per heavy atom. The Morgan fingerprint density at radius 3 is 2.64 bits per heavy atom. The van der Waals surface area contributed by atoms with E-state index in [0.29, 0.717) is 24.4 Å². The molecule has 2 N–H and O–H groups in total. The van der Waals surface area contributed by atoms with E-state index in [1.54, 1.807) is 14.2 Å². The number of rotatable bonds is 9. The molecule has 0 atom stereocenters. The molecule has 0 aliphatic heterocycles. The number of ether oxygens (including phenoxy) is 2. The molecule has 2 rings (SSSR count). The molecule has 0 bridgehead atoms. The number of benzene rings is 2. The van der Waals surface area contributed by atoms with E-state index in [1.807, 2.05) is 43.3 Å². The van der Waals surface area contributed by atoms with Gasteiger partial charge in [-0.1, -0.05) is 18.2 Å². The van der Waals surface area contributed by atoms with Crippen molar-refractivity contribution in [3.05, 3.63) is 53.6 Å². The highest BCUT2D eigenvalue weighted by molar-refractivity contribution is 5.92. The van der Waals surface area contributed by atoms with Crippen LogP contribution in [0, 0.1) is 6.92 Å². The minimum atomic E-state index is -0.0298. The number of hydrogen-bond acceptors (Lipinski definition) is 4. The second-order valence-electron chi connectivity index (χ2n) is 5.85. The van der Waals surface area contributed by atoms with Crippen molar-refractivity contribution in [1.82, 2.24) is 5.32 Å². The first kappa shape index (κ1) is 18.8. The molecule has 0 unspecified atom stereocenters. The normalized spacial score (nSPS) is 10.4. The summed E-state index contributed by atoms with van der Waals surface area (Å²) in [5, 5.41) is 6.20. The van der Waals surface area contributed by atoms with Crippen LogP contribution in [0.5, 0.6) is 11.5 Å². The molecule has 0 saturated heterocycles. The van der Waals surface area contributed by atoms with Gasteiger partial charge in [-0.05, 0) is 55.3 Å². The van der Waals surface area contributed by atoms with Crippen LogP contribution in [0.2, 0.25) is 0 Å². The van der Waals surface area contributed by atoms with Crippen LogP contribution in [-0.4, -0.2) is 33.2 Å². The van der Waals surface area contributed by atoms with Crippen LogP contribution in [0.25, 0.3) is 0 Å². The third kappa shape index (κ3) is 6.12. The zero-order valence-electron chi connectivity index (χ0n) is 15.1. The van der Waals surface area contributed by atoms with E-state index in [4.69, 9.17) is 9.47 Å². The minimum absolute atomic E-state index is 0.0298. The summed E-state index contributed by atoms with van der Waals surface area (Å²) in [7, 11) is 3.26. The van der Waals surface area contributed by atoms with Crippen molar-refractivity contribution in [3.63, 3.8) is 0 Å². The average molecular weight is 342 g/mol. The summed E-state index contributed by atoms with van der Waals surface area (Å²) in [6.45, 7) is 3.42. The molecule has 134 valence electrons. The van der Waals surface area contributed by atoms with Crippen LogP contribution in [0.15, 0.2) is 42.5 Å². The van der Waals surface area contributed by atoms with Crippen LogP contribution < -0.4 is 20.1 Å². The second-order valence-corrected chi connectivity index (χ2v) is 5.85. The standard InChI is InChI=1S/C20H26N2O3/c1-15-7-8-19(25-3)18(13-15)22-20(23)10-12-21-11-9-16-5-4-6-17(14-16)24-2/h4-8,13-14,21H,9-12H2,1-3H3,(H,22,23). The van der Waals surface area contributed by atoms with Crippen molar-refractivity contribution in [3.8, 4) is 11.5 Å². The molecule has 0 aliphatic carbocycles. The lowest BCUT2D eigenvalue weighted by molar-refractivity contribution is -0.116. The molecule has 0 heterocycles. The van der Waals surface area contributed by atoms with Gasteiger partial charge in [-0.2, -0.15) is 0 Å². The molecule has 1 amide bonds. The van der Waals surface area contributed by atoms with Gasteiger partial charge >= 0.3 is 0 Å². The number of anilines is 1. The summed E-state index contributed by atoms with van der Waals surface area (Å²) in [5.74, 6) is 1.51. The van der Waals surface area contributed by atoms with Crippen molar-refractivity contribution < 1.29 is 14.3 Å². The summed E-state index contributed by atoms with van der Waals surface area (Å²) in [6.07, 6.45) is 1.31. The lowest BCUT2D eigenvalue weighted by atomic mass is 10.1. The van der Waals surface area contributed by atoms with E-state index >= 15 is 0 Å². The highest BCUT2D eigenvalue weighted by Crippen LogP contribution is 2.25. The van der Waals surface area contributed by atoms with Gasteiger partial charge in [0, 0.05) is 13.0 Å². The maximum absolute atomic E-state index is 12.1. The van der Waals surface area contributed by atoms with E-state index in [0.717, 1.165) is 24.3 Å². The summed E-state index contributed by atoms with van der Waals surface area (Å²) >= 11 is 0. The second kappa shape index (κ2) is 9.69. The SMILES string of the molecule is COc1cccc(CCNCCC(=O)Nc2cc(C)ccc2OC)c1. The highest BCUT2D eigenvalue weighted by atomic mass is 16.5. The number of hydrogen-bond donors (Lipinski definition) is 2. The summed E-state index contributed by atoms with van der Waals surface area (Å²) in [6, 6.07) is 13.7. The van der Waals surface area contributed by atoms with Gasteiger partial charge in [0.05, 0.1) is 19.9 Å². The quantitative estimate of drug-likeness (QED) is 0.687. The number of nitrogens with one attached hydrogen (secondary N) is 2. The Balaban J connectivity index is 1.71. The van der Waals surface area contributed by atoms with Crippen LogP contribution >= 0.6 is 0 Å². The smallest absolute Gasteiger partial charge is 0.225 e. The van der Waals surface area contributed by atoms with Gasteiger partial charge in [0.1, 0.15) is 11.5 Å². The summed E-state index contributed by atoms with van der Waals surface area (Å²) < 4.78 is 10.5. The van der Waals surface area contributed by atoms with Gasteiger partial charge in [0.25, 0.3) is 0 Å². The Kier molecular flexibility index (Phi) is 7.29. The third-order valence-corrected chi connectivity index (χ3v) is 3.88. The Hall–Kier alpha value is -2.53. The fourth-order valence-corrected chi connectivity index (χ4v) is 2.52. The molecular formula is C20H26N2O3. The van der Waals surface area contributed by atoms with E-state index in [1.165, 1.54) is 5.56 Å². The fourth-order valence-electron chi connectivity index (χ4n) is 2.52. The minimum Gasteiger partial charge on any atom is -0.497 e. The molecule has 2 aromatic rings. The Labute approximate surface area is 149 Å². The predicted octanol–water partition coefficient (Wildman–Crippen LogP) is 3.17. The van der Waals surface area contributed by atoms with E-state index in [9.17, 15) is 4.79 Å². The molecule has 0 aromatic heterocycles. The van der Waals surface area contributed by atoms with Gasteiger partial charge in [-0.25, -0.2) is 0 Å². The molecule has 0 saturated carbocycles. The first-order chi connectivity index (χ1) is 12.1. The number of methoxy groups -OCH3 is 2. The van der Waals surface area contributed by atoms with Gasteiger partial charge in [-0.3, -0.25) is 4.79 Å². The number of aryl methyl sites for hydroxylation is 1.